The largest absolute Gasteiger partial charge is 0.306 e. The molecule has 0 amide bonds. The molecular weight excluding hydrogens is 300 g/mol. The molecule has 1 atom stereocenters. The van der Waals surface area contributed by atoms with E-state index < -0.39 is 0 Å². The third-order valence-corrected chi connectivity index (χ3v) is 3.60. The van der Waals surface area contributed by atoms with Crippen LogP contribution in [0.4, 0.5) is 0 Å². The van der Waals surface area contributed by atoms with Crippen LogP contribution < -0.4 is 5.32 Å². The highest BCUT2D eigenvalue weighted by Gasteiger charge is 2.13. The molecule has 3 heteroatoms. The standard InChI is InChI=1S/C16H19BrN2/c1-3-10-18-16(13-6-8-15(17)9-7-13)14-5-4-12(2)19-11-14/h4-9,11,16,18H,3,10H2,1-2H3. The summed E-state index contributed by atoms with van der Waals surface area (Å²) >= 11 is 3.48. The number of hydrogen-bond donors (Lipinski definition) is 1. The molecule has 0 radical (unpaired) electrons. The Balaban J connectivity index is 2.29. The van der Waals surface area contributed by atoms with Crippen LogP contribution in [0, 0.1) is 6.92 Å². The van der Waals surface area contributed by atoms with Crippen LogP contribution >= 0.6 is 15.9 Å². The molecule has 0 fully saturated rings. The fourth-order valence-corrected chi connectivity index (χ4v) is 2.29. The Morgan fingerprint density at radius 3 is 2.37 bits per heavy atom. The van der Waals surface area contributed by atoms with Crippen molar-refractivity contribution in [3.8, 4) is 0 Å². The molecule has 1 unspecified atom stereocenters. The summed E-state index contributed by atoms with van der Waals surface area (Å²) in [6.45, 7) is 5.19. The van der Waals surface area contributed by atoms with Gasteiger partial charge in [-0.3, -0.25) is 4.98 Å². The Morgan fingerprint density at radius 1 is 1.11 bits per heavy atom. The molecular formula is C16H19BrN2. The Kier molecular flexibility index (Phi) is 5.11. The van der Waals surface area contributed by atoms with E-state index in [1.807, 2.05) is 13.1 Å². The Hall–Kier alpha value is -1.19. The third-order valence-electron chi connectivity index (χ3n) is 3.07. The van der Waals surface area contributed by atoms with Crippen LogP contribution in [0.3, 0.4) is 0 Å². The lowest BCUT2D eigenvalue weighted by Gasteiger charge is -2.19. The second-order valence-electron chi connectivity index (χ2n) is 4.67. The van der Waals surface area contributed by atoms with Gasteiger partial charge in [0, 0.05) is 16.4 Å². The predicted molar refractivity (Wildman–Crippen MR) is 83.3 cm³/mol. The van der Waals surface area contributed by atoms with Gasteiger partial charge in [-0.1, -0.05) is 41.1 Å². The van der Waals surface area contributed by atoms with Crippen LogP contribution in [0.5, 0.6) is 0 Å². The fourth-order valence-electron chi connectivity index (χ4n) is 2.02. The van der Waals surface area contributed by atoms with Crippen LogP contribution in [0.25, 0.3) is 0 Å². The van der Waals surface area contributed by atoms with Gasteiger partial charge in [0.1, 0.15) is 0 Å². The van der Waals surface area contributed by atoms with Gasteiger partial charge in [-0.25, -0.2) is 0 Å². The van der Waals surface area contributed by atoms with E-state index in [-0.39, 0.29) is 6.04 Å². The number of aromatic nitrogens is 1. The molecule has 0 spiro atoms. The van der Waals surface area contributed by atoms with E-state index in [0.717, 1.165) is 23.1 Å². The van der Waals surface area contributed by atoms with E-state index in [1.165, 1.54) is 11.1 Å². The predicted octanol–water partition coefficient (Wildman–Crippen LogP) is 4.24. The molecule has 0 aliphatic rings. The van der Waals surface area contributed by atoms with Crippen molar-refractivity contribution in [3.63, 3.8) is 0 Å². The Labute approximate surface area is 123 Å². The van der Waals surface area contributed by atoms with E-state index in [9.17, 15) is 0 Å². The molecule has 1 N–H and O–H groups in total. The molecule has 2 aromatic rings. The summed E-state index contributed by atoms with van der Waals surface area (Å²) in [6.07, 6.45) is 3.08. The summed E-state index contributed by atoms with van der Waals surface area (Å²) in [5.74, 6) is 0. The van der Waals surface area contributed by atoms with Crippen LogP contribution in [0.1, 0.15) is 36.2 Å². The van der Waals surface area contributed by atoms with E-state index in [0.29, 0.717) is 0 Å². The normalized spacial score (nSPS) is 12.4. The summed E-state index contributed by atoms with van der Waals surface area (Å²) in [5.41, 5.74) is 3.53. The number of aryl methyl sites for hydroxylation is 1. The van der Waals surface area contributed by atoms with E-state index in [2.05, 4.69) is 69.6 Å². The fraction of sp³-hybridized carbons (Fsp3) is 0.312. The number of halogens is 1. The monoisotopic (exact) mass is 318 g/mol. The first kappa shape index (κ1) is 14.2. The van der Waals surface area contributed by atoms with Crippen LogP contribution in [0.2, 0.25) is 0 Å². The van der Waals surface area contributed by atoms with Gasteiger partial charge in [-0.15, -0.1) is 0 Å². The van der Waals surface area contributed by atoms with Gasteiger partial charge in [0.25, 0.3) is 0 Å². The first-order chi connectivity index (χ1) is 9.20. The topological polar surface area (TPSA) is 24.9 Å². The minimum Gasteiger partial charge on any atom is -0.306 e. The second-order valence-corrected chi connectivity index (χ2v) is 5.59. The quantitative estimate of drug-likeness (QED) is 0.891. The SMILES string of the molecule is CCCNC(c1ccc(Br)cc1)c1ccc(C)nc1. The van der Waals surface area contributed by atoms with Gasteiger partial charge in [0.15, 0.2) is 0 Å². The average Bonchev–Trinajstić information content (AvgIpc) is 2.43. The smallest absolute Gasteiger partial charge is 0.0591 e. The highest BCUT2D eigenvalue weighted by atomic mass is 79.9. The number of pyridine rings is 1. The minimum absolute atomic E-state index is 0.209. The molecule has 100 valence electrons. The van der Waals surface area contributed by atoms with Gasteiger partial charge >= 0.3 is 0 Å². The van der Waals surface area contributed by atoms with Gasteiger partial charge in [0.05, 0.1) is 6.04 Å². The Bertz CT molecular complexity index is 460. The van der Waals surface area contributed by atoms with E-state index in [4.69, 9.17) is 0 Å². The summed E-state index contributed by atoms with van der Waals surface area (Å²) in [4.78, 5) is 4.40. The summed E-state index contributed by atoms with van der Waals surface area (Å²) in [7, 11) is 0. The van der Waals surface area contributed by atoms with E-state index >= 15 is 0 Å². The van der Waals surface area contributed by atoms with Crippen molar-refractivity contribution in [1.82, 2.24) is 10.3 Å². The van der Waals surface area contributed by atoms with Gasteiger partial charge in [-0.2, -0.15) is 0 Å². The summed E-state index contributed by atoms with van der Waals surface area (Å²) in [6, 6.07) is 12.9. The van der Waals surface area contributed by atoms with Crippen molar-refractivity contribution in [3.05, 3.63) is 63.9 Å². The zero-order valence-corrected chi connectivity index (χ0v) is 12.9. The van der Waals surface area contributed by atoms with Crippen molar-refractivity contribution in [2.24, 2.45) is 0 Å². The van der Waals surface area contributed by atoms with Crippen LogP contribution in [-0.4, -0.2) is 11.5 Å². The van der Waals surface area contributed by atoms with Gasteiger partial charge in [0.2, 0.25) is 0 Å². The number of nitrogens with one attached hydrogen (secondary N) is 1. The molecule has 1 aromatic carbocycles. The number of nitrogens with zero attached hydrogens (tertiary/aromatic N) is 1. The highest BCUT2D eigenvalue weighted by Crippen LogP contribution is 2.23. The van der Waals surface area contributed by atoms with Gasteiger partial charge < -0.3 is 5.32 Å². The number of hydrogen-bond acceptors (Lipinski definition) is 2. The van der Waals surface area contributed by atoms with E-state index in [1.54, 1.807) is 0 Å². The maximum Gasteiger partial charge on any atom is 0.0591 e. The van der Waals surface area contributed by atoms with Gasteiger partial charge in [-0.05, 0) is 49.2 Å². The number of benzene rings is 1. The molecule has 2 rings (SSSR count). The van der Waals surface area contributed by atoms with Crippen molar-refractivity contribution in [2.75, 3.05) is 6.54 Å². The third kappa shape index (κ3) is 3.88. The molecule has 19 heavy (non-hydrogen) atoms. The first-order valence-electron chi connectivity index (χ1n) is 6.62. The van der Waals surface area contributed by atoms with Crippen molar-refractivity contribution >= 4 is 15.9 Å². The lowest BCUT2D eigenvalue weighted by atomic mass is 10.00. The molecule has 2 nitrogen and oxygen atoms in total. The second kappa shape index (κ2) is 6.83. The van der Waals surface area contributed by atoms with Crippen LogP contribution in [-0.2, 0) is 0 Å². The molecule has 1 heterocycles. The molecule has 0 saturated heterocycles. The lowest BCUT2D eigenvalue weighted by molar-refractivity contribution is 0.597. The van der Waals surface area contributed by atoms with Crippen molar-refractivity contribution in [2.45, 2.75) is 26.3 Å². The summed E-state index contributed by atoms with van der Waals surface area (Å²) in [5, 5.41) is 3.59. The first-order valence-corrected chi connectivity index (χ1v) is 7.41. The zero-order chi connectivity index (χ0) is 13.7. The Morgan fingerprint density at radius 2 is 1.79 bits per heavy atom. The minimum atomic E-state index is 0.209. The molecule has 1 aromatic heterocycles. The van der Waals surface area contributed by atoms with Crippen molar-refractivity contribution < 1.29 is 0 Å². The van der Waals surface area contributed by atoms with Crippen molar-refractivity contribution in [1.29, 1.82) is 0 Å². The zero-order valence-electron chi connectivity index (χ0n) is 11.4. The molecule has 0 aliphatic heterocycles. The molecule has 0 bridgehead atoms. The highest BCUT2D eigenvalue weighted by molar-refractivity contribution is 9.10. The summed E-state index contributed by atoms with van der Waals surface area (Å²) < 4.78 is 1.10. The molecule has 0 aliphatic carbocycles. The van der Waals surface area contributed by atoms with Crippen LogP contribution in [0.15, 0.2) is 47.1 Å². The maximum absolute atomic E-state index is 4.40. The number of rotatable bonds is 5. The lowest BCUT2D eigenvalue weighted by Crippen LogP contribution is -2.23. The molecule has 0 saturated carbocycles. The maximum atomic E-state index is 4.40. The average molecular weight is 319 g/mol.